The van der Waals surface area contributed by atoms with Gasteiger partial charge >= 0.3 is 0 Å². The molecule has 0 aromatic rings. The number of ether oxygens (including phenoxy) is 1. The minimum Gasteiger partial charge on any atom is -0.369 e. The number of hydrogen-bond donors (Lipinski definition) is 0. The van der Waals surface area contributed by atoms with Crippen LogP contribution in [0.4, 0.5) is 0 Å². The highest BCUT2D eigenvalue weighted by Gasteiger charge is 2.30. The number of amides is 1. The molecule has 0 bridgehead atoms. The van der Waals surface area contributed by atoms with Crippen molar-refractivity contribution >= 4 is 5.91 Å². The molecule has 1 amide bonds. The molecule has 0 aliphatic heterocycles. The largest absolute Gasteiger partial charge is 0.369 e. The molecule has 0 saturated heterocycles. The summed E-state index contributed by atoms with van der Waals surface area (Å²) in [6.07, 6.45) is 3.38. The van der Waals surface area contributed by atoms with Crippen molar-refractivity contribution in [3.8, 4) is 0 Å². The van der Waals surface area contributed by atoms with Crippen LogP contribution in [-0.2, 0) is 9.53 Å². The molecule has 3 heteroatoms. The van der Waals surface area contributed by atoms with Crippen molar-refractivity contribution in [2.75, 3.05) is 20.2 Å². The van der Waals surface area contributed by atoms with Gasteiger partial charge in [-0.2, -0.15) is 0 Å². The van der Waals surface area contributed by atoms with Crippen LogP contribution in [0.15, 0.2) is 25.3 Å². The molecule has 0 unspecified atom stereocenters. The van der Waals surface area contributed by atoms with Crippen LogP contribution in [0.2, 0.25) is 0 Å². The molecule has 0 rings (SSSR count). The van der Waals surface area contributed by atoms with E-state index in [4.69, 9.17) is 4.74 Å². The number of carbonyl (C=O) groups excluding carboxylic acids is 1. The normalized spacial score (nSPS) is 10.8. The standard InChI is InChI=1S/C11H19NO2/c1-6-8-12(9-7-2)10(13)11(3,4)14-5/h6-7H,1-2,8-9H2,3-5H3. The Morgan fingerprint density at radius 1 is 1.36 bits per heavy atom. The van der Waals surface area contributed by atoms with Crippen molar-refractivity contribution in [1.29, 1.82) is 0 Å². The third-order valence-electron chi connectivity index (χ3n) is 2.01. The van der Waals surface area contributed by atoms with Gasteiger partial charge in [0.2, 0.25) is 0 Å². The second kappa shape index (κ2) is 5.60. The molecule has 0 fully saturated rings. The van der Waals surface area contributed by atoms with Crippen LogP contribution in [0, 0.1) is 0 Å². The lowest BCUT2D eigenvalue weighted by Gasteiger charge is -2.29. The number of nitrogens with zero attached hydrogens (tertiary/aromatic N) is 1. The molecule has 0 heterocycles. The van der Waals surface area contributed by atoms with Crippen molar-refractivity contribution in [3.63, 3.8) is 0 Å². The highest BCUT2D eigenvalue weighted by Crippen LogP contribution is 2.12. The van der Waals surface area contributed by atoms with E-state index >= 15 is 0 Å². The van der Waals surface area contributed by atoms with E-state index in [2.05, 4.69) is 13.2 Å². The van der Waals surface area contributed by atoms with Crippen LogP contribution < -0.4 is 0 Å². The first-order chi connectivity index (χ1) is 6.49. The van der Waals surface area contributed by atoms with E-state index in [1.54, 1.807) is 30.9 Å². The van der Waals surface area contributed by atoms with E-state index in [-0.39, 0.29) is 5.91 Å². The van der Waals surface area contributed by atoms with E-state index in [0.717, 1.165) is 0 Å². The second-order valence-corrected chi connectivity index (χ2v) is 3.50. The average molecular weight is 197 g/mol. The van der Waals surface area contributed by atoms with Crippen molar-refractivity contribution in [2.45, 2.75) is 19.4 Å². The number of carbonyl (C=O) groups is 1. The van der Waals surface area contributed by atoms with Gasteiger partial charge in [-0.05, 0) is 13.8 Å². The van der Waals surface area contributed by atoms with E-state index in [9.17, 15) is 4.79 Å². The molecule has 80 valence electrons. The first-order valence-electron chi connectivity index (χ1n) is 4.56. The fraction of sp³-hybridized carbons (Fsp3) is 0.545. The zero-order chi connectivity index (χ0) is 11.2. The third kappa shape index (κ3) is 3.34. The smallest absolute Gasteiger partial charge is 0.254 e. The van der Waals surface area contributed by atoms with Crippen LogP contribution in [0.3, 0.4) is 0 Å². The minimum absolute atomic E-state index is 0.0557. The first kappa shape index (κ1) is 12.9. The molecule has 14 heavy (non-hydrogen) atoms. The fourth-order valence-electron chi connectivity index (χ4n) is 1.02. The molecule has 0 aliphatic rings. The molecular weight excluding hydrogens is 178 g/mol. The van der Waals surface area contributed by atoms with Gasteiger partial charge in [-0.1, -0.05) is 12.2 Å². The highest BCUT2D eigenvalue weighted by molar-refractivity contribution is 5.84. The lowest BCUT2D eigenvalue weighted by molar-refractivity contribution is -0.149. The maximum Gasteiger partial charge on any atom is 0.254 e. The Bertz CT molecular complexity index is 211. The predicted octanol–water partition coefficient (Wildman–Crippen LogP) is 1.61. The van der Waals surface area contributed by atoms with E-state index in [0.29, 0.717) is 13.1 Å². The SMILES string of the molecule is C=CCN(CC=C)C(=O)C(C)(C)OC. The predicted molar refractivity (Wildman–Crippen MR) is 58.1 cm³/mol. The maximum atomic E-state index is 11.9. The molecular formula is C11H19NO2. The zero-order valence-electron chi connectivity index (χ0n) is 9.25. The Balaban J connectivity index is 4.56. The molecule has 0 saturated carbocycles. The summed E-state index contributed by atoms with van der Waals surface area (Å²) in [5.74, 6) is -0.0557. The van der Waals surface area contributed by atoms with Crippen molar-refractivity contribution in [2.24, 2.45) is 0 Å². The van der Waals surface area contributed by atoms with Crippen LogP contribution >= 0.6 is 0 Å². The topological polar surface area (TPSA) is 29.5 Å². The van der Waals surface area contributed by atoms with Gasteiger partial charge < -0.3 is 9.64 Å². The second-order valence-electron chi connectivity index (χ2n) is 3.50. The van der Waals surface area contributed by atoms with Crippen LogP contribution in [0.5, 0.6) is 0 Å². The van der Waals surface area contributed by atoms with Crippen LogP contribution in [0.1, 0.15) is 13.8 Å². The molecule has 3 nitrogen and oxygen atoms in total. The molecule has 0 spiro atoms. The van der Waals surface area contributed by atoms with Gasteiger partial charge in [0.15, 0.2) is 0 Å². The van der Waals surface area contributed by atoms with E-state index in [1.165, 1.54) is 7.11 Å². The van der Waals surface area contributed by atoms with Gasteiger partial charge in [-0.25, -0.2) is 0 Å². The van der Waals surface area contributed by atoms with Crippen molar-refractivity contribution in [3.05, 3.63) is 25.3 Å². The molecule has 0 N–H and O–H groups in total. The lowest BCUT2D eigenvalue weighted by Crippen LogP contribution is -2.46. The highest BCUT2D eigenvalue weighted by atomic mass is 16.5. The van der Waals surface area contributed by atoms with Gasteiger partial charge in [0.25, 0.3) is 5.91 Å². The fourth-order valence-corrected chi connectivity index (χ4v) is 1.02. The summed E-state index contributed by atoms with van der Waals surface area (Å²) in [6.45, 7) is 11.7. The minimum atomic E-state index is -0.786. The van der Waals surface area contributed by atoms with Crippen molar-refractivity contribution < 1.29 is 9.53 Å². The van der Waals surface area contributed by atoms with Gasteiger partial charge in [-0.3, -0.25) is 4.79 Å². The van der Waals surface area contributed by atoms with Gasteiger partial charge in [0, 0.05) is 20.2 Å². The number of hydrogen-bond acceptors (Lipinski definition) is 2. The third-order valence-corrected chi connectivity index (χ3v) is 2.01. The Morgan fingerprint density at radius 2 is 1.79 bits per heavy atom. The monoisotopic (exact) mass is 197 g/mol. The van der Waals surface area contributed by atoms with Gasteiger partial charge in [0.1, 0.15) is 5.60 Å². The summed E-state index contributed by atoms with van der Waals surface area (Å²) in [7, 11) is 1.53. The summed E-state index contributed by atoms with van der Waals surface area (Å²) in [6, 6.07) is 0. The maximum absolute atomic E-state index is 11.9. The number of methoxy groups -OCH3 is 1. The Morgan fingerprint density at radius 3 is 2.07 bits per heavy atom. The summed E-state index contributed by atoms with van der Waals surface area (Å²) in [4.78, 5) is 13.5. The first-order valence-corrected chi connectivity index (χ1v) is 4.56. The number of rotatable bonds is 6. The summed E-state index contributed by atoms with van der Waals surface area (Å²) < 4.78 is 5.11. The summed E-state index contributed by atoms with van der Waals surface area (Å²) in [5, 5.41) is 0. The van der Waals surface area contributed by atoms with Crippen molar-refractivity contribution in [1.82, 2.24) is 4.90 Å². The molecule has 0 radical (unpaired) electrons. The van der Waals surface area contributed by atoms with Gasteiger partial charge in [-0.15, -0.1) is 13.2 Å². The molecule has 0 aliphatic carbocycles. The zero-order valence-corrected chi connectivity index (χ0v) is 9.25. The molecule has 0 aromatic heterocycles. The quantitative estimate of drug-likeness (QED) is 0.605. The summed E-state index contributed by atoms with van der Waals surface area (Å²) in [5.41, 5.74) is -0.786. The molecule has 0 atom stereocenters. The Hall–Kier alpha value is -1.09. The average Bonchev–Trinajstić information content (AvgIpc) is 2.16. The van der Waals surface area contributed by atoms with E-state index in [1.807, 2.05) is 0 Å². The van der Waals surface area contributed by atoms with Crippen LogP contribution in [0.25, 0.3) is 0 Å². The Kier molecular flexibility index (Phi) is 5.16. The molecule has 0 aromatic carbocycles. The van der Waals surface area contributed by atoms with Crippen LogP contribution in [-0.4, -0.2) is 36.6 Å². The Labute approximate surface area is 86.0 Å². The summed E-state index contributed by atoms with van der Waals surface area (Å²) >= 11 is 0. The van der Waals surface area contributed by atoms with Gasteiger partial charge in [0.05, 0.1) is 0 Å². The van der Waals surface area contributed by atoms with E-state index < -0.39 is 5.60 Å². The lowest BCUT2D eigenvalue weighted by atomic mass is 10.1.